The lowest BCUT2D eigenvalue weighted by molar-refractivity contribution is 0.582. The van der Waals surface area contributed by atoms with Crippen LogP contribution >= 0.6 is 27.3 Å². The Balaban J connectivity index is 2.16. The standard InChI is InChI=1S/C7H9BrN2O2S2/c8-6-1-2-7(13-6)14(11,12)10-5-3-4(5)9/h1-2,4-5,10H,3,9H2. The summed E-state index contributed by atoms with van der Waals surface area (Å²) in [5.74, 6) is 0. The van der Waals surface area contributed by atoms with Crippen molar-refractivity contribution < 1.29 is 8.42 Å². The molecule has 0 saturated heterocycles. The Morgan fingerprint density at radius 1 is 1.57 bits per heavy atom. The molecule has 1 aliphatic carbocycles. The molecule has 4 nitrogen and oxygen atoms in total. The number of thiophene rings is 1. The van der Waals surface area contributed by atoms with Gasteiger partial charge >= 0.3 is 0 Å². The van der Waals surface area contributed by atoms with Gasteiger partial charge in [0.15, 0.2) is 0 Å². The zero-order chi connectivity index (χ0) is 10.3. The maximum atomic E-state index is 11.7. The number of nitrogens with one attached hydrogen (secondary N) is 1. The Kier molecular flexibility index (Phi) is 2.69. The lowest BCUT2D eigenvalue weighted by atomic mass is 10.7. The lowest BCUT2D eigenvalue weighted by Gasteiger charge is -2.01. The minimum atomic E-state index is -3.35. The van der Waals surface area contributed by atoms with Crippen LogP contribution < -0.4 is 10.5 Å². The number of hydrogen-bond donors (Lipinski definition) is 2. The fraction of sp³-hybridized carbons (Fsp3) is 0.429. The zero-order valence-corrected chi connectivity index (χ0v) is 10.3. The summed E-state index contributed by atoms with van der Waals surface area (Å²) >= 11 is 4.41. The monoisotopic (exact) mass is 296 g/mol. The number of sulfonamides is 1. The maximum absolute atomic E-state index is 11.7. The van der Waals surface area contributed by atoms with Gasteiger partial charge in [0.2, 0.25) is 10.0 Å². The third-order valence-electron chi connectivity index (χ3n) is 1.96. The predicted octanol–water partition coefficient (Wildman–Crippen LogP) is 0.889. The van der Waals surface area contributed by atoms with Gasteiger partial charge in [-0.25, -0.2) is 13.1 Å². The Morgan fingerprint density at radius 2 is 2.21 bits per heavy atom. The molecule has 0 radical (unpaired) electrons. The van der Waals surface area contributed by atoms with E-state index in [0.717, 1.165) is 10.2 Å². The van der Waals surface area contributed by atoms with Crippen molar-refractivity contribution in [3.8, 4) is 0 Å². The van der Waals surface area contributed by atoms with E-state index in [1.165, 1.54) is 11.3 Å². The van der Waals surface area contributed by atoms with Gasteiger partial charge in [0.25, 0.3) is 0 Å². The SMILES string of the molecule is NC1CC1NS(=O)(=O)c1ccc(Br)s1. The summed E-state index contributed by atoms with van der Waals surface area (Å²) < 4.78 is 27.0. The van der Waals surface area contributed by atoms with Crippen LogP contribution in [0.4, 0.5) is 0 Å². The number of hydrogen-bond acceptors (Lipinski definition) is 4. The fourth-order valence-electron chi connectivity index (χ4n) is 1.05. The van der Waals surface area contributed by atoms with Crippen LogP contribution in [0.5, 0.6) is 0 Å². The van der Waals surface area contributed by atoms with Crippen molar-refractivity contribution in [1.82, 2.24) is 4.72 Å². The Morgan fingerprint density at radius 3 is 2.64 bits per heavy atom. The van der Waals surface area contributed by atoms with E-state index >= 15 is 0 Å². The molecule has 0 spiro atoms. The second kappa shape index (κ2) is 3.57. The molecule has 0 aromatic carbocycles. The molecule has 0 bridgehead atoms. The van der Waals surface area contributed by atoms with Crippen LogP contribution in [0.25, 0.3) is 0 Å². The van der Waals surface area contributed by atoms with Gasteiger partial charge in [0.1, 0.15) is 4.21 Å². The van der Waals surface area contributed by atoms with Crippen LogP contribution in [0.1, 0.15) is 6.42 Å². The molecule has 78 valence electrons. The Hall–Kier alpha value is 0.0500. The number of halogens is 1. The smallest absolute Gasteiger partial charge is 0.250 e. The third kappa shape index (κ3) is 2.17. The molecule has 3 N–H and O–H groups in total. The first kappa shape index (κ1) is 10.6. The summed E-state index contributed by atoms with van der Waals surface area (Å²) in [7, 11) is -3.35. The van der Waals surface area contributed by atoms with E-state index in [9.17, 15) is 8.42 Å². The first-order chi connectivity index (χ1) is 6.49. The van der Waals surface area contributed by atoms with Crippen LogP contribution in [0.2, 0.25) is 0 Å². The molecule has 1 aromatic rings. The minimum Gasteiger partial charge on any atom is -0.326 e. The first-order valence-electron chi connectivity index (χ1n) is 4.02. The number of nitrogens with two attached hydrogens (primary N) is 1. The van der Waals surface area contributed by atoms with Crippen molar-refractivity contribution in [2.45, 2.75) is 22.7 Å². The van der Waals surface area contributed by atoms with Crippen LogP contribution in [0.15, 0.2) is 20.1 Å². The van der Waals surface area contributed by atoms with E-state index in [2.05, 4.69) is 20.7 Å². The highest BCUT2D eigenvalue weighted by Gasteiger charge is 2.37. The molecular formula is C7H9BrN2O2S2. The molecular weight excluding hydrogens is 288 g/mol. The summed E-state index contributed by atoms with van der Waals surface area (Å²) in [4.78, 5) is 0. The van der Waals surface area contributed by atoms with Crippen molar-refractivity contribution in [2.75, 3.05) is 0 Å². The van der Waals surface area contributed by atoms with E-state index in [-0.39, 0.29) is 12.1 Å². The molecule has 1 saturated carbocycles. The third-order valence-corrected chi connectivity index (χ3v) is 5.57. The normalized spacial score (nSPS) is 26.4. The molecule has 0 amide bonds. The highest BCUT2D eigenvalue weighted by molar-refractivity contribution is 9.11. The lowest BCUT2D eigenvalue weighted by Crippen LogP contribution is -2.29. The van der Waals surface area contributed by atoms with Crippen molar-refractivity contribution >= 4 is 37.3 Å². The highest BCUT2D eigenvalue weighted by Crippen LogP contribution is 2.28. The molecule has 1 aromatic heterocycles. The van der Waals surface area contributed by atoms with E-state index in [0.29, 0.717) is 4.21 Å². The summed E-state index contributed by atoms with van der Waals surface area (Å²) in [6.07, 6.45) is 0.728. The summed E-state index contributed by atoms with van der Waals surface area (Å²) in [6, 6.07) is 3.19. The average molecular weight is 297 g/mol. The second-order valence-electron chi connectivity index (χ2n) is 3.19. The fourth-order valence-corrected chi connectivity index (χ4v) is 4.38. The average Bonchev–Trinajstić information content (AvgIpc) is 2.61. The van der Waals surface area contributed by atoms with E-state index < -0.39 is 10.0 Å². The molecule has 1 heterocycles. The zero-order valence-electron chi connectivity index (χ0n) is 7.10. The molecule has 1 aliphatic rings. The van der Waals surface area contributed by atoms with Crippen LogP contribution in [0, 0.1) is 0 Å². The van der Waals surface area contributed by atoms with Gasteiger partial charge in [-0.15, -0.1) is 11.3 Å². The molecule has 14 heavy (non-hydrogen) atoms. The van der Waals surface area contributed by atoms with E-state index in [1.54, 1.807) is 12.1 Å². The molecule has 2 unspecified atom stereocenters. The summed E-state index contributed by atoms with van der Waals surface area (Å²) in [5, 5.41) is 0. The first-order valence-corrected chi connectivity index (χ1v) is 7.11. The van der Waals surface area contributed by atoms with Gasteiger partial charge in [-0.1, -0.05) is 0 Å². The van der Waals surface area contributed by atoms with Crippen LogP contribution in [-0.4, -0.2) is 20.5 Å². The molecule has 0 aliphatic heterocycles. The van der Waals surface area contributed by atoms with Gasteiger partial charge in [0.05, 0.1) is 3.79 Å². The Bertz CT molecular complexity index is 442. The highest BCUT2D eigenvalue weighted by atomic mass is 79.9. The second-order valence-corrected chi connectivity index (χ2v) is 7.59. The van der Waals surface area contributed by atoms with Gasteiger partial charge < -0.3 is 5.73 Å². The topological polar surface area (TPSA) is 72.2 Å². The molecule has 1 fully saturated rings. The maximum Gasteiger partial charge on any atom is 0.250 e. The minimum absolute atomic E-state index is 0.0202. The molecule has 2 rings (SSSR count). The van der Waals surface area contributed by atoms with Crippen molar-refractivity contribution in [2.24, 2.45) is 5.73 Å². The summed E-state index contributed by atoms with van der Waals surface area (Å²) in [5.41, 5.74) is 5.52. The van der Waals surface area contributed by atoms with Crippen LogP contribution in [0.3, 0.4) is 0 Å². The predicted molar refractivity (Wildman–Crippen MR) is 58.7 cm³/mol. The largest absolute Gasteiger partial charge is 0.326 e. The van der Waals surface area contributed by atoms with Gasteiger partial charge in [-0.05, 0) is 34.5 Å². The quantitative estimate of drug-likeness (QED) is 0.870. The molecule has 7 heteroatoms. The van der Waals surface area contributed by atoms with Crippen molar-refractivity contribution in [3.05, 3.63) is 15.9 Å². The van der Waals surface area contributed by atoms with Crippen molar-refractivity contribution in [3.63, 3.8) is 0 Å². The summed E-state index contributed by atoms with van der Waals surface area (Å²) in [6.45, 7) is 0. The van der Waals surface area contributed by atoms with Gasteiger partial charge in [-0.3, -0.25) is 0 Å². The number of rotatable bonds is 3. The van der Waals surface area contributed by atoms with Gasteiger partial charge in [0, 0.05) is 12.1 Å². The van der Waals surface area contributed by atoms with Crippen molar-refractivity contribution in [1.29, 1.82) is 0 Å². The Labute approximate surface area is 94.7 Å². The van der Waals surface area contributed by atoms with E-state index in [1.807, 2.05) is 0 Å². The molecule has 2 atom stereocenters. The van der Waals surface area contributed by atoms with E-state index in [4.69, 9.17) is 5.73 Å². The van der Waals surface area contributed by atoms with Gasteiger partial charge in [-0.2, -0.15) is 0 Å². The van der Waals surface area contributed by atoms with Crippen LogP contribution in [-0.2, 0) is 10.0 Å².